The van der Waals surface area contributed by atoms with Crippen molar-refractivity contribution in [3.63, 3.8) is 0 Å². The van der Waals surface area contributed by atoms with Gasteiger partial charge in [0, 0.05) is 36.0 Å². The highest BCUT2D eigenvalue weighted by molar-refractivity contribution is 7.15. The molecule has 1 aliphatic rings. The third-order valence-corrected chi connectivity index (χ3v) is 4.97. The Morgan fingerprint density at radius 3 is 2.92 bits per heavy atom. The smallest absolute Gasteiger partial charge is 0.414 e. The van der Waals surface area contributed by atoms with Crippen molar-refractivity contribution in [3.05, 3.63) is 53.3 Å². The van der Waals surface area contributed by atoms with E-state index in [9.17, 15) is 4.79 Å². The lowest BCUT2D eigenvalue weighted by Gasteiger charge is -2.16. The second kappa shape index (κ2) is 6.26. The summed E-state index contributed by atoms with van der Waals surface area (Å²) in [5, 5.41) is 5.51. The fourth-order valence-electron chi connectivity index (χ4n) is 2.81. The van der Waals surface area contributed by atoms with Gasteiger partial charge in [0.2, 0.25) is 0 Å². The summed E-state index contributed by atoms with van der Waals surface area (Å²) in [6.07, 6.45) is 3.80. The van der Waals surface area contributed by atoms with Crippen molar-refractivity contribution in [2.45, 2.75) is 19.5 Å². The Balaban J connectivity index is 1.39. The second-order valence-electron chi connectivity index (χ2n) is 5.79. The van der Waals surface area contributed by atoms with Crippen LogP contribution in [0.1, 0.15) is 24.2 Å². The fourth-order valence-corrected chi connectivity index (χ4v) is 3.53. The number of benzene rings is 1. The molecule has 1 saturated heterocycles. The first-order valence-corrected chi connectivity index (χ1v) is 8.77. The van der Waals surface area contributed by atoms with Crippen molar-refractivity contribution in [3.8, 4) is 0 Å². The topological polar surface area (TPSA) is 58.9 Å². The molecule has 7 heteroatoms. The largest absolute Gasteiger partial charge is 0.447 e. The molecule has 0 spiro atoms. The number of ether oxygens (including phenoxy) is 1. The number of amides is 1. The standard InChI is InChI=1S/C17H18N4O2S/c1-12(18-10-14-11-20-7-9-24-16(20)19-14)13-2-4-15(5-3-13)21-6-8-23-17(21)22/h2-5,7,9,11-12,18H,6,8,10H2,1H3. The molecule has 1 N–H and O–H groups in total. The van der Waals surface area contributed by atoms with E-state index >= 15 is 0 Å². The fraction of sp³-hybridized carbons (Fsp3) is 0.294. The van der Waals surface area contributed by atoms with Crippen molar-refractivity contribution < 1.29 is 9.53 Å². The zero-order valence-electron chi connectivity index (χ0n) is 13.3. The highest BCUT2D eigenvalue weighted by atomic mass is 32.1. The van der Waals surface area contributed by atoms with Crippen molar-refractivity contribution in [2.24, 2.45) is 0 Å². The van der Waals surface area contributed by atoms with Gasteiger partial charge in [0.1, 0.15) is 6.61 Å². The molecule has 0 bridgehead atoms. The summed E-state index contributed by atoms with van der Waals surface area (Å²) in [5.41, 5.74) is 3.08. The summed E-state index contributed by atoms with van der Waals surface area (Å²) in [4.78, 5) is 18.8. The maximum Gasteiger partial charge on any atom is 0.414 e. The summed E-state index contributed by atoms with van der Waals surface area (Å²) in [5.74, 6) is 0. The Morgan fingerprint density at radius 2 is 2.21 bits per heavy atom. The number of anilines is 1. The number of nitrogens with zero attached hydrogens (tertiary/aromatic N) is 3. The van der Waals surface area contributed by atoms with Crippen molar-refractivity contribution in [1.29, 1.82) is 0 Å². The second-order valence-corrected chi connectivity index (χ2v) is 6.66. The van der Waals surface area contributed by atoms with E-state index < -0.39 is 0 Å². The SMILES string of the molecule is CC(NCc1cn2ccsc2n1)c1ccc(N2CCOC2=O)cc1. The van der Waals surface area contributed by atoms with Crippen LogP contribution in [0.5, 0.6) is 0 Å². The molecule has 1 unspecified atom stereocenters. The van der Waals surface area contributed by atoms with Gasteiger partial charge in [0.25, 0.3) is 0 Å². The average molecular weight is 342 g/mol. The Hall–Kier alpha value is -2.38. The molecular weight excluding hydrogens is 324 g/mol. The van der Waals surface area contributed by atoms with Crippen LogP contribution < -0.4 is 10.2 Å². The molecule has 1 fully saturated rings. The lowest BCUT2D eigenvalue weighted by atomic mass is 10.1. The van der Waals surface area contributed by atoms with Gasteiger partial charge in [-0.25, -0.2) is 9.78 Å². The first kappa shape index (κ1) is 15.2. The predicted molar refractivity (Wildman–Crippen MR) is 93.5 cm³/mol. The minimum absolute atomic E-state index is 0.198. The number of hydrogen-bond donors (Lipinski definition) is 1. The first-order chi connectivity index (χ1) is 11.7. The molecule has 0 radical (unpaired) electrons. The predicted octanol–water partition coefficient (Wildman–Crippen LogP) is 3.20. The van der Waals surface area contributed by atoms with E-state index in [1.165, 1.54) is 5.56 Å². The number of imidazole rings is 1. The number of carbonyl (C=O) groups excluding carboxylic acids is 1. The van der Waals surface area contributed by atoms with Crippen LogP contribution in [0.25, 0.3) is 4.96 Å². The highest BCUT2D eigenvalue weighted by Crippen LogP contribution is 2.22. The zero-order chi connectivity index (χ0) is 16.5. The number of fused-ring (bicyclic) bond motifs is 1. The Morgan fingerprint density at radius 1 is 1.38 bits per heavy atom. The van der Waals surface area contributed by atoms with Crippen LogP contribution in [0.15, 0.2) is 42.0 Å². The quantitative estimate of drug-likeness (QED) is 0.773. The van der Waals surface area contributed by atoms with E-state index in [-0.39, 0.29) is 12.1 Å². The van der Waals surface area contributed by atoms with Crippen LogP contribution in [0.4, 0.5) is 10.5 Å². The van der Waals surface area contributed by atoms with Crippen LogP contribution >= 0.6 is 11.3 Å². The number of carbonyl (C=O) groups is 1. The number of nitrogens with one attached hydrogen (secondary N) is 1. The number of rotatable bonds is 5. The molecule has 3 heterocycles. The molecule has 1 aliphatic heterocycles. The minimum atomic E-state index is -0.270. The number of thiazole rings is 1. The molecule has 1 aromatic carbocycles. The molecule has 0 saturated carbocycles. The van der Waals surface area contributed by atoms with Gasteiger partial charge in [-0.2, -0.15) is 0 Å². The first-order valence-electron chi connectivity index (χ1n) is 7.89. The monoisotopic (exact) mass is 342 g/mol. The van der Waals surface area contributed by atoms with Gasteiger partial charge >= 0.3 is 6.09 Å². The van der Waals surface area contributed by atoms with E-state index in [1.807, 2.05) is 46.4 Å². The Kier molecular flexibility index (Phi) is 3.95. The van der Waals surface area contributed by atoms with E-state index in [0.717, 1.165) is 22.9 Å². The molecular formula is C17H18N4O2S. The molecule has 6 nitrogen and oxygen atoms in total. The van der Waals surface area contributed by atoms with Crippen LogP contribution in [0.3, 0.4) is 0 Å². The Labute approximate surface area is 143 Å². The number of aromatic nitrogens is 2. The van der Waals surface area contributed by atoms with E-state index in [2.05, 4.69) is 17.2 Å². The molecule has 1 amide bonds. The van der Waals surface area contributed by atoms with Gasteiger partial charge in [-0.3, -0.25) is 9.30 Å². The van der Waals surface area contributed by atoms with Gasteiger partial charge in [-0.05, 0) is 24.6 Å². The molecule has 0 aliphatic carbocycles. The Bertz CT molecular complexity index is 826. The summed E-state index contributed by atoms with van der Waals surface area (Å²) in [6, 6.07) is 8.22. The number of cyclic esters (lactones) is 1. The molecule has 24 heavy (non-hydrogen) atoms. The summed E-state index contributed by atoms with van der Waals surface area (Å²) < 4.78 is 7.01. The van der Waals surface area contributed by atoms with Crippen LogP contribution in [-0.2, 0) is 11.3 Å². The van der Waals surface area contributed by atoms with Gasteiger partial charge in [-0.1, -0.05) is 12.1 Å². The van der Waals surface area contributed by atoms with Crippen molar-refractivity contribution in [1.82, 2.24) is 14.7 Å². The van der Waals surface area contributed by atoms with Crippen molar-refractivity contribution >= 4 is 28.1 Å². The third kappa shape index (κ3) is 2.88. The summed E-state index contributed by atoms with van der Waals surface area (Å²) >= 11 is 1.63. The van der Waals surface area contributed by atoms with E-state index in [1.54, 1.807) is 16.2 Å². The third-order valence-electron chi connectivity index (χ3n) is 4.20. The van der Waals surface area contributed by atoms with E-state index in [4.69, 9.17) is 4.74 Å². The van der Waals surface area contributed by atoms with Gasteiger partial charge in [-0.15, -0.1) is 11.3 Å². The lowest BCUT2D eigenvalue weighted by molar-refractivity contribution is 0.181. The minimum Gasteiger partial charge on any atom is -0.447 e. The van der Waals surface area contributed by atoms with Crippen LogP contribution in [-0.4, -0.2) is 28.6 Å². The normalized spacial score (nSPS) is 15.9. The molecule has 124 valence electrons. The molecule has 3 aromatic rings. The molecule has 1 atom stereocenters. The molecule has 2 aromatic heterocycles. The number of hydrogen-bond acceptors (Lipinski definition) is 5. The van der Waals surface area contributed by atoms with Gasteiger partial charge in [0.05, 0.1) is 12.2 Å². The lowest BCUT2D eigenvalue weighted by Crippen LogP contribution is -2.23. The highest BCUT2D eigenvalue weighted by Gasteiger charge is 2.23. The van der Waals surface area contributed by atoms with E-state index in [0.29, 0.717) is 13.2 Å². The maximum atomic E-state index is 11.6. The van der Waals surface area contributed by atoms with Gasteiger partial charge < -0.3 is 10.1 Å². The summed E-state index contributed by atoms with van der Waals surface area (Å²) in [7, 11) is 0. The summed E-state index contributed by atoms with van der Waals surface area (Å²) in [6.45, 7) is 3.91. The zero-order valence-corrected chi connectivity index (χ0v) is 14.1. The van der Waals surface area contributed by atoms with Crippen LogP contribution in [0, 0.1) is 0 Å². The molecule has 4 rings (SSSR count). The van der Waals surface area contributed by atoms with Gasteiger partial charge in [0.15, 0.2) is 4.96 Å². The van der Waals surface area contributed by atoms with Crippen LogP contribution in [0.2, 0.25) is 0 Å². The maximum absolute atomic E-state index is 11.6. The van der Waals surface area contributed by atoms with Crippen molar-refractivity contribution in [2.75, 3.05) is 18.1 Å². The average Bonchev–Trinajstić information content (AvgIpc) is 3.28.